The molecular formula is C23H33FIN3O3. The number of benzene rings is 2. The van der Waals surface area contributed by atoms with Crippen LogP contribution in [0.1, 0.15) is 44.0 Å². The molecule has 172 valence electrons. The minimum Gasteiger partial charge on any atom is -0.494 e. The Hall–Kier alpha value is -1.91. The lowest BCUT2D eigenvalue weighted by atomic mass is 10.1. The van der Waals surface area contributed by atoms with Crippen molar-refractivity contribution in [1.29, 1.82) is 0 Å². The molecule has 0 bridgehead atoms. The number of guanidine groups is 1. The normalized spacial score (nSPS) is 14.2. The second-order valence-corrected chi connectivity index (χ2v) is 7.02. The van der Waals surface area contributed by atoms with Gasteiger partial charge in [-0.3, -0.25) is 4.99 Å². The summed E-state index contributed by atoms with van der Waals surface area (Å²) in [6.07, 6.45) is -0.846. The predicted octanol–water partition coefficient (Wildman–Crippen LogP) is 4.21. The highest BCUT2D eigenvalue weighted by atomic mass is 127. The number of aliphatic imine (C=N–C) groups is 1. The molecule has 0 amide bonds. The Morgan fingerprint density at radius 2 is 1.84 bits per heavy atom. The van der Waals surface area contributed by atoms with Crippen LogP contribution in [0.15, 0.2) is 53.5 Å². The van der Waals surface area contributed by atoms with Gasteiger partial charge >= 0.3 is 0 Å². The van der Waals surface area contributed by atoms with E-state index in [4.69, 9.17) is 9.47 Å². The van der Waals surface area contributed by atoms with Gasteiger partial charge in [-0.05, 0) is 44.0 Å². The molecule has 2 aromatic rings. The van der Waals surface area contributed by atoms with Crippen molar-refractivity contribution in [3.05, 3.63) is 65.5 Å². The standard InChI is InChI=1S/C23H32FN3O3.HI/c1-5-25-23(27-16(2)19-11-12-22(29-4)21(24)13-19)26-14-20(28)15-30-17(3)18-9-7-6-8-10-18;/h6-13,16-17,20,28H,5,14-15H2,1-4H3,(H2,25,26,27);1H. The lowest BCUT2D eigenvalue weighted by molar-refractivity contribution is 0.00111. The highest BCUT2D eigenvalue weighted by Crippen LogP contribution is 2.21. The Morgan fingerprint density at radius 1 is 1.13 bits per heavy atom. The van der Waals surface area contributed by atoms with Gasteiger partial charge in [0.25, 0.3) is 0 Å². The Bertz CT molecular complexity index is 808. The van der Waals surface area contributed by atoms with E-state index >= 15 is 0 Å². The van der Waals surface area contributed by atoms with Crippen LogP contribution < -0.4 is 15.4 Å². The average molecular weight is 545 g/mol. The molecule has 3 atom stereocenters. The molecule has 0 aliphatic rings. The number of aliphatic hydroxyl groups excluding tert-OH is 1. The number of nitrogens with one attached hydrogen (secondary N) is 2. The summed E-state index contributed by atoms with van der Waals surface area (Å²) < 4.78 is 24.7. The van der Waals surface area contributed by atoms with Crippen LogP contribution in [0.4, 0.5) is 4.39 Å². The first-order chi connectivity index (χ1) is 14.4. The van der Waals surface area contributed by atoms with Gasteiger partial charge in [-0.2, -0.15) is 0 Å². The fourth-order valence-electron chi connectivity index (χ4n) is 2.89. The Labute approximate surface area is 201 Å². The van der Waals surface area contributed by atoms with Crippen LogP contribution in [0.25, 0.3) is 0 Å². The molecule has 31 heavy (non-hydrogen) atoms. The van der Waals surface area contributed by atoms with Crippen LogP contribution in [0.5, 0.6) is 5.75 Å². The van der Waals surface area contributed by atoms with Gasteiger partial charge in [-0.25, -0.2) is 4.39 Å². The quantitative estimate of drug-likeness (QED) is 0.237. The maximum Gasteiger partial charge on any atom is 0.191 e. The SMILES string of the molecule is CCNC(=NCC(O)COC(C)c1ccccc1)NC(C)c1ccc(OC)c(F)c1.I. The average Bonchev–Trinajstić information content (AvgIpc) is 2.76. The number of nitrogens with zero attached hydrogens (tertiary/aromatic N) is 1. The van der Waals surface area contributed by atoms with Crippen molar-refractivity contribution >= 4 is 29.9 Å². The zero-order chi connectivity index (χ0) is 21.9. The minimum atomic E-state index is -0.736. The fourth-order valence-corrected chi connectivity index (χ4v) is 2.89. The molecule has 3 N–H and O–H groups in total. The fraction of sp³-hybridized carbons (Fsp3) is 0.435. The van der Waals surface area contributed by atoms with Gasteiger partial charge in [0.2, 0.25) is 0 Å². The summed E-state index contributed by atoms with van der Waals surface area (Å²) in [5.41, 5.74) is 1.82. The van der Waals surface area contributed by atoms with E-state index in [-0.39, 0.29) is 55.0 Å². The van der Waals surface area contributed by atoms with E-state index in [9.17, 15) is 9.50 Å². The van der Waals surface area contributed by atoms with Crippen LogP contribution in [0, 0.1) is 5.82 Å². The summed E-state index contributed by atoms with van der Waals surface area (Å²) in [6.45, 7) is 6.84. The largest absolute Gasteiger partial charge is 0.494 e. The summed E-state index contributed by atoms with van der Waals surface area (Å²) in [4.78, 5) is 4.43. The molecular weight excluding hydrogens is 512 g/mol. The van der Waals surface area contributed by atoms with E-state index in [1.165, 1.54) is 13.2 Å². The van der Waals surface area contributed by atoms with E-state index in [0.717, 1.165) is 11.1 Å². The first-order valence-electron chi connectivity index (χ1n) is 10.2. The number of aliphatic hydroxyl groups is 1. The molecule has 0 heterocycles. The summed E-state index contributed by atoms with van der Waals surface area (Å²) in [5, 5.41) is 16.6. The van der Waals surface area contributed by atoms with Crippen molar-refractivity contribution < 1.29 is 19.0 Å². The molecule has 0 aliphatic carbocycles. The smallest absolute Gasteiger partial charge is 0.191 e. The third-order valence-electron chi connectivity index (χ3n) is 4.64. The van der Waals surface area contributed by atoms with E-state index < -0.39 is 11.9 Å². The highest BCUT2D eigenvalue weighted by molar-refractivity contribution is 14.0. The topological polar surface area (TPSA) is 75.1 Å². The molecule has 2 rings (SSSR count). The molecule has 3 unspecified atom stereocenters. The zero-order valence-electron chi connectivity index (χ0n) is 18.5. The summed E-state index contributed by atoms with van der Waals surface area (Å²) in [7, 11) is 1.44. The van der Waals surface area contributed by atoms with E-state index in [1.807, 2.05) is 51.1 Å². The number of methoxy groups -OCH3 is 1. The van der Waals surface area contributed by atoms with Gasteiger partial charge in [0.1, 0.15) is 0 Å². The van der Waals surface area contributed by atoms with Gasteiger partial charge in [0.05, 0.1) is 38.5 Å². The molecule has 0 radical (unpaired) electrons. The first kappa shape index (κ1) is 27.1. The van der Waals surface area contributed by atoms with Gasteiger partial charge in [-0.15, -0.1) is 24.0 Å². The monoisotopic (exact) mass is 545 g/mol. The maximum atomic E-state index is 14.0. The lowest BCUT2D eigenvalue weighted by Gasteiger charge is -2.20. The molecule has 0 aromatic heterocycles. The first-order valence-corrected chi connectivity index (χ1v) is 10.2. The van der Waals surface area contributed by atoms with Crippen molar-refractivity contribution in [3.63, 3.8) is 0 Å². The highest BCUT2D eigenvalue weighted by Gasteiger charge is 2.13. The third-order valence-corrected chi connectivity index (χ3v) is 4.64. The Balaban J connectivity index is 0.00000480. The van der Waals surface area contributed by atoms with Gasteiger partial charge in [-0.1, -0.05) is 36.4 Å². The molecule has 0 spiro atoms. The number of halogens is 2. The summed E-state index contributed by atoms with van der Waals surface area (Å²) >= 11 is 0. The number of hydrogen-bond donors (Lipinski definition) is 3. The minimum absolute atomic E-state index is 0. The van der Waals surface area contributed by atoms with E-state index in [1.54, 1.807) is 12.1 Å². The van der Waals surface area contributed by atoms with Crippen molar-refractivity contribution in [2.45, 2.75) is 39.0 Å². The van der Waals surface area contributed by atoms with Gasteiger partial charge < -0.3 is 25.2 Å². The molecule has 6 nitrogen and oxygen atoms in total. The lowest BCUT2D eigenvalue weighted by Crippen LogP contribution is -2.39. The second-order valence-electron chi connectivity index (χ2n) is 7.02. The molecule has 0 saturated carbocycles. The van der Waals surface area contributed by atoms with Crippen LogP contribution in [0.3, 0.4) is 0 Å². The molecule has 0 fully saturated rings. The van der Waals surface area contributed by atoms with Crippen molar-refractivity contribution in [2.75, 3.05) is 26.8 Å². The maximum absolute atomic E-state index is 14.0. The van der Waals surface area contributed by atoms with Crippen molar-refractivity contribution in [2.24, 2.45) is 4.99 Å². The summed E-state index contributed by atoms with van der Waals surface area (Å²) in [6, 6.07) is 14.5. The predicted molar refractivity (Wildman–Crippen MR) is 133 cm³/mol. The molecule has 2 aromatic carbocycles. The molecule has 0 aliphatic heterocycles. The van der Waals surface area contributed by atoms with Crippen molar-refractivity contribution in [1.82, 2.24) is 10.6 Å². The van der Waals surface area contributed by atoms with Gasteiger partial charge in [0, 0.05) is 6.54 Å². The van der Waals surface area contributed by atoms with Crippen LogP contribution in [0.2, 0.25) is 0 Å². The van der Waals surface area contributed by atoms with Crippen LogP contribution in [-0.4, -0.2) is 44.0 Å². The third kappa shape index (κ3) is 9.00. The van der Waals surface area contributed by atoms with Crippen LogP contribution in [-0.2, 0) is 4.74 Å². The number of hydrogen-bond acceptors (Lipinski definition) is 4. The molecule has 0 saturated heterocycles. The summed E-state index contributed by atoms with van der Waals surface area (Å²) in [5.74, 6) is 0.335. The number of ether oxygens (including phenoxy) is 2. The number of rotatable bonds is 10. The van der Waals surface area contributed by atoms with E-state index in [2.05, 4.69) is 15.6 Å². The van der Waals surface area contributed by atoms with Crippen molar-refractivity contribution in [3.8, 4) is 5.75 Å². The van der Waals surface area contributed by atoms with Gasteiger partial charge in [0.15, 0.2) is 17.5 Å². The zero-order valence-corrected chi connectivity index (χ0v) is 20.8. The Kier molecular flexibility index (Phi) is 12.4. The molecule has 8 heteroatoms. The van der Waals surface area contributed by atoms with Crippen LogP contribution >= 0.6 is 24.0 Å². The second kappa shape index (κ2) is 14.2. The van der Waals surface area contributed by atoms with E-state index in [0.29, 0.717) is 12.5 Å². The Morgan fingerprint density at radius 3 is 2.45 bits per heavy atom.